The molecule has 0 heterocycles. The zero-order valence-electron chi connectivity index (χ0n) is 11.1. The summed E-state index contributed by atoms with van der Waals surface area (Å²) in [6.45, 7) is 2.17. The molecule has 2 aromatic carbocycles. The average Bonchev–Trinajstić information content (AvgIpc) is 2.44. The van der Waals surface area contributed by atoms with E-state index in [9.17, 15) is 4.79 Å². The van der Waals surface area contributed by atoms with E-state index in [0.29, 0.717) is 6.61 Å². The molecule has 0 saturated carbocycles. The summed E-state index contributed by atoms with van der Waals surface area (Å²) < 4.78 is 10.1. The zero-order valence-corrected chi connectivity index (χ0v) is 11.1. The van der Waals surface area contributed by atoms with Gasteiger partial charge in [-0.15, -0.1) is 0 Å². The fourth-order valence-electron chi connectivity index (χ4n) is 1.90. The van der Waals surface area contributed by atoms with Crippen LogP contribution in [0.4, 0.5) is 0 Å². The molecule has 0 aliphatic carbocycles. The summed E-state index contributed by atoms with van der Waals surface area (Å²) in [6.07, 6.45) is 3.21. The van der Waals surface area contributed by atoms with Crippen molar-refractivity contribution in [2.24, 2.45) is 0 Å². The second-order valence-electron chi connectivity index (χ2n) is 4.02. The number of methoxy groups -OCH3 is 1. The molecule has 0 atom stereocenters. The van der Waals surface area contributed by atoms with Gasteiger partial charge in [-0.25, -0.2) is 4.79 Å². The molecule has 0 aliphatic rings. The molecule has 3 heteroatoms. The average molecular weight is 256 g/mol. The molecule has 0 spiro atoms. The van der Waals surface area contributed by atoms with Gasteiger partial charge < -0.3 is 9.47 Å². The molecule has 0 N–H and O–H groups in total. The Morgan fingerprint density at radius 2 is 2.11 bits per heavy atom. The Bertz CT molecular complexity index is 614. The van der Waals surface area contributed by atoms with Gasteiger partial charge in [0.05, 0.1) is 13.7 Å². The third kappa shape index (κ3) is 3.13. The quantitative estimate of drug-likeness (QED) is 0.621. The van der Waals surface area contributed by atoms with Gasteiger partial charge in [-0.3, -0.25) is 0 Å². The predicted molar refractivity (Wildman–Crippen MR) is 76.2 cm³/mol. The molecule has 2 rings (SSSR count). The van der Waals surface area contributed by atoms with Crippen LogP contribution in [0.1, 0.15) is 12.5 Å². The Morgan fingerprint density at radius 1 is 1.26 bits per heavy atom. The van der Waals surface area contributed by atoms with E-state index >= 15 is 0 Å². The fraction of sp³-hybridized carbons (Fsp3) is 0.188. The number of carbonyl (C=O) groups excluding carboxylic acids is 1. The molecule has 0 radical (unpaired) electrons. The van der Waals surface area contributed by atoms with E-state index in [1.54, 1.807) is 20.1 Å². The first kappa shape index (κ1) is 13.1. The maximum atomic E-state index is 11.3. The third-order valence-electron chi connectivity index (χ3n) is 2.81. The summed E-state index contributed by atoms with van der Waals surface area (Å²) in [6, 6.07) is 11.8. The van der Waals surface area contributed by atoms with Gasteiger partial charge in [0.2, 0.25) is 0 Å². The highest BCUT2D eigenvalue weighted by Crippen LogP contribution is 2.24. The maximum Gasteiger partial charge on any atom is 0.330 e. The topological polar surface area (TPSA) is 35.5 Å². The first-order valence-corrected chi connectivity index (χ1v) is 6.16. The van der Waals surface area contributed by atoms with Gasteiger partial charge in [0, 0.05) is 6.08 Å². The first-order chi connectivity index (χ1) is 9.24. The van der Waals surface area contributed by atoms with E-state index in [2.05, 4.69) is 0 Å². The lowest BCUT2D eigenvalue weighted by atomic mass is 10.0. The van der Waals surface area contributed by atoms with Crippen LogP contribution in [-0.4, -0.2) is 19.7 Å². The first-order valence-electron chi connectivity index (χ1n) is 6.16. The minimum atomic E-state index is -0.331. The summed E-state index contributed by atoms with van der Waals surface area (Å²) in [5, 5.41) is 2.15. The SMILES string of the molecule is CCOC(=O)/C=C/c1cccc2ccc(OC)cc12. The third-order valence-corrected chi connectivity index (χ3v) is 2.81. The minimum absolute atomic E-state index is 0.331. The van der Waals surface area contributed by atoms with Crippen molar-refractivity contribution in [3.63, 3.8) is 0 Å². The summed E-state index contributed by atoms with van der Waals surface area (Å²) in [7, 11) is 1.64. The molecule has 0 fully saturated rings. The highest BCUT2D eigenvalue weighted by molar-refractivity contribution is 5.95. The summed E-state index contributed by atoms with van der Waals surface area (Å²) in [4.78, 5) is 11.3. The van der Waals surface area contributed by atoms with Gasteiger partial charge in [0.25, 0.3) is 0 Å². The maximum absolute atomic E-state index is 11.3. The molecule has 0 bridgehead atoms. The zero-order chi connectivity index (χ0) is 13.7. The Balaban J connectivity index is 2.39. The van der Waals surface area contributed by atoms with Gasteiger partial charge >= 0.3 is 5.97 Å². The number of hydrogen-bond acceptors (Lipinski definition) is 3. The van der Waals surface area contributed by atoms with Gasteiger partial charge in [-0.1, -0.05) is 24.3 Å². The van der Waals surface area contributed by atoms with E-state index in [1.807, 2.05) is 36.4 Å². The smallest absolute Gasteiger partial charge is 0.330 e. The van der Waals surface area contributed by atoms with Crippen molar-refractivity contribution in [2.45, 2.75) is 6.92 Å². The fourth-order valence-corrected chi connectivity index (χ4v) is 1.90. The molecule has 3 nitrogen and oxygen atoms in total. The molecule has 0 unspecified atom stereocenters. The second-order valence-corrected chi connectivity index (χ2v) is 4.02. The minimum Gasteiger partial charge on any atom is -0.497 e. The van der Waals surface area contributed by atoms with Crippen molar-refractivity contribution in [2.75, 3.05) is 13.7 Å². The molecule has 0 aromatic heterocycles. The van der Waals surface area contributed by atoms with Crippen LogP contribution in [0.15, 0.2) is 42.5 Å². The molecule has 0 aliphatic heterocycles. The molecule has 2 aromatic rings. The van der Waals surface area contributed by atoms with Crippen LogP contribution in [-0.2, 0) is 9.53 Å². The largest absolute Gasteiger partial charge is 0.497 e. The van der Waals surface area contributed by atoms with Crippen molar-refractivity contribution in [3.8, 4) is 5.75 Å². The Morgan fingerprint density at radius 3 is 2.84 bits per heavy atom. The van der Waals surface area contributed by atoms with E-state index in [0.717, 1.165) is 22.1 Å². The normalized spacial score (nSPS) is 10.8. The Hall–Kier alpha value is -2.29. The van der Waals surface area contributed by atoms with Crippen molar-refractivity contribution in [1.82, 2.24) is 0 Å². The van der Waals surface area contributed by atoms with E-state index < -0.39 is 0 Å². The Labute approximate surface area is 112 Å². The van der Waals surface area contributed by atoms with E-state index in [-0.39, 0.29) is 5.97 Å². The highest BCUT2D eigenvalue weighted by atomic mass is 16.5. The van der Waals surface area contributed by atoms with Crippen LogP contribution in [0.25, 0.3) is 16.8 Å². The van der Waals surface area contributed by atoms with Gasteiger partial charge in [0.1, 0.15) is 5.75 Å². The standard InChI is InChI=1S/C16H16O3/c1-3-19-16(17)10-8-13-6-4-5-12-7-9-14(18-2)11-15(12)13/h4-11H,3H2,1-2H3/b10-8+. The summed E-state index contributed by atoms with van der Waals surface area (Å²) in [5.41, 5.74) is 0.962. The van der Waals surface area contributed by atoms with E-state index in [4.69, 9.17) is 9.47 Å². The summed E-state index contributed by atoms with van der Waals surface area (Å²) in [5.74, 6) is 0.465. The molecule has 98 valence electrons. The van der Waals surface area contributed by atoms with Crippen LogP contribution in [0.2, 0.25) is 0 Å². The summed E-state index contributed by atoms with van der Waals surface area (Å²) >= 11 is 0. The van der Waals surface area contributed by atoms with Crippen molar-refractivity contribution >= 4 is 22.8 Å². The molecular formula is C16H16O3. The lowest BCUT2D eigenvalue weighted by molar-refractivity contribution is -0.137. The second kappa shape index (κ2) is 6.05. The molecule has 0 amide bonds. The van der Waals surface area contributed by atoms with Crippen molar-refractivity contribution < 1.29 is 14.3 Å². The van der Waals surface area contributed by atoms with Crippen LogP contribution < -0.4 is 4.74 Å². The van der Waals surface area contributed by atoms with Gasteiger partial charge in [0.15, 0.2) is 0 Å². The number of ether oxygens (including phenoxy) is 2. The molecular weight excluding hydrogens is 240 g/mol. The number of rotatable bonds is 4. The molecule has 19 heavy (non-hydrogen) atoms. The van der Waals surface area contributed by atoms with Crippen molar-refractivity contribution in [3.05, 3.63) is 48.0 Å². The number of fused-ring (bicyclic) bond motifs is 1. The van der Waals surface area contributed by atoms with Gasteiger partial charge in [-0.05, 0) is 41.5 Å². The van der Waals surface area contributed by atoms with E-state index in [1.165, 1.54) is 6.08 Å². The van der Waals surface area contributed by atoms with Gasteiger partial charge in [-0.2, -0.15) is 0 Å². The number of carbonyl (C=O) groups is 1. The van der Waals surface area contributed by atoms with Crippen molar-refractivity contribution in [1.29, 1.82) is 0 Å². The lowest BCUT2D eigenvalue weighted by Crippen LogP contribution is -1.98. The van der Waals surface area contributed by atoms with Crippen LogP contribution >= 0.6 is 0 Å². The number of esters is 1. The Kier molecular flexibility index (Phi) is 4.18. The lowest BCUT2D eigenvalue weighted by Gasteiger charge is -2.05. The highest BCUT2D eigenvalue weighted by Gasteiger charge is 2.01. The molecule has 0 saturated heterocycles. The number of hydrogen-bond donors (Lipinski definition) is 0. The van der Waals surface area contributed by atoms with Crippen LogP contribution in [0, 0.1) is 0 Å². The number of benzene rings is 2. The monoisotopic (exact) mass is 256 g/mol. The van der Waals surface area contributed by atoms with Crippen LogP contribution in [0.5, 0.6) is 5.75 Å². The predicted octanol–water partition coefficient (Wildman–Crippen LogP) is 3.42. The van der Waals surface area contributed by atoms with Crippen LogP contribution in [0.3, 0.4) is 0 Å².